The van der Waals surface area contributed by atoms with Gasteiger partial charge in [0.1, 0.15) is 0 Å². The van der Waals surface area contributed by atoms with Crippen molar-refractivity contribution in [3.63, 3.8) is 0 Å². The molecule has 2 aliphatic rings. The van der Waals surface area contributed by atoms with Gasteiger partial charge in [-0.15, -0.1) is 0 Å². The number of hydrogen-bond acceptors (Lipinski definition) is 4. The van der Waals surface area contributed by atoms with Crippen LogP contribution in [0.3, 0.4) is 0 Å². The Hall–Kier alpha value is -0.160. The smallest absolute Gasteiger partial charge is 0.0897 e. The molecule has 3 unspecified atom stereocenters. The second kappa shape index (κ2) is 7.43. The summed E-state index contributed by atoms with van der Waals surface area (Å²) in [5.41, 5.74) is 0. The standard InChI is InChI=1S/C14H27NO3/c1-17-14-8-4-7-13(14)15-9-11(16)10-18-12-5-2-3-6-12/h11-16H,2-10H2,1H3. The van der Waals surface area contributed by atoms with Gasteiger partial charge < -0.3 is 19.9 Å². The number of rotatable bonds is 7. The van der Waals surface area contributed by atoms with Gasteiger partial charge in [0.15, 0.2) is 0 Å². The lowest BCUT2D eigenvalue weighted by molar-refractivity contribution is -0.00842. The predicted molar refractivity (Wildman–Crippen MR) is 70.7 cm³/mol. The van der Waals surface area contributed by atoms with Crippen LogP contribution >= 0.6 is 0 Å². The Morgan fingerprint density at radius 2 is 1.94 bits per heavy atom. The molecule has 2 rings (SSSR count). The monoisotopic (exact) mass is 257 g/mol. The Bertz CT molecular complexity index is 231. The molecule has 0 radical (unpaired) electrons. The zero-order valence-corrected chi connectivity index (χ0v) is 11.4. The highest BCUT2D eigenvalue weighted by Gasteiger charge is 2.27. The van der Waals surface area contributed by atoms with Crippen LogP contribution in [0.4, 0.5) is 0 Å². The van der Waals surface area contributed by atoms with Crippen molar-refractivity contribution >= 4 is 0 Å². The predicted octanol–water partition coefficient (Wildman–Crippen LogP) is 1.46. The van der Waals surface area contributed by atoms with E-state index in [9.17, 15) is 5.11 Å². The van der Waals surface area contributed by atoms with Crippen molar-refractivity contribution in [2.45, 2.75) is 69.3 Å². The first-order valence-corrected chi connectivity index (χ1v) is 7.35. The highest BCUT2D eigenvalue weighted by atomic mass is 16.5. The number of hydrogen-bond donors (Lipinski definition) is 2. The molecule has 3 atom stereocenters. The van der Waals surface area contributed by atoms with E-state index in [1.807, 2.05) is 0 Å². The SMILES string of the molecule is COC1CCCC1NCC(O)COC1CCCC1. The van der Waals surface area contributed by atoms with E-state index in [4.69, 9.17) is 9.47 Å². The maximum atomic E-state index is 9.90. The third kappa shape index (κ3) is 4.19. The molecule has 0 aromatic heterocycles. The first-order valence-electron chi connectivity index (χ1n) is 7.35. The molecule has 2 aliphatic carbocycles. The minimum Gasteiger partial charge on any atom is -0.389 e. The van der Waals surface area contributed by atoms with Crippen molar-refractivity contribution in [3.8, 4) is 0 Å². The number of aliphatic hydroxyl groups excluding tert-OH is 1. The quantitative estimate of drug-likeness (QED) is 0.725. The van der Waals surface area contributed by atoms with E-state index < -0.39 is 6.10 Å². The second-order valence-corrected chi connectivity index (χ2v) is 5.61. The fourth-order valence-electron chi connectivity index (χ4n) is 3.09. The third-order valence-corrected chi connectivity index (χ3v) is 4.20. The summed E-state index contributed by atoms with van der Waals surface area (Å²) in [6, 6.07) is 0.399. The van der Waals surface area contributed by atoms with Crippen molar-refractivity contribution < 1.29 is 14.6 Å². The molecule has 0 bridgehead atoms. The summed E-state index contributed by atoms with van der Waals surface area (Å²) in [6.07, 6.45) is 8.66. The molecule has 2 saturated carbocycles. The topological polar surface area (TPSA) is 50.7 Å². The van der Waals surface area contributed by atoms with Gasteiger partial charge in [0, 0.05) is 19.7 Å². The van der Waals surface area contributed by atoms with Crippen LogP contribution in [0.15, 0.2) is 0 Å². The molecule has 2 N–H and O–H groups in total. The molecule has 4 nitrogen and oxygen atoms in total. The molecule has 2 fully saturated rings. The summed E-state index contributed by atoms with van der Waals surface area (Å²) in [5, 5.41) is 13.3. The Morgan fingerprint density at radius 3 is 2.67 bits per heavy atom. The van der Waals surface area contributed by atoms with Crippen LogP contribution in [0.25, 0.3) is 0 Å². The van der Waals surface area contributed by atoms with E-state index in [1.54, 1.807) is 7.11 Å². The third-order valence-electron chi connectivity index (χ3n) is 4.20. The van der Waals surface area contributed by atoms with Crippen LogP contribution in [0.2, 0.25) is 0 Å². The summed E-state index contributed by atoms with van der Waals surface area (Å²) < 4.78 is 11.1. The molecule has 0 heterocycles. The largest absolute Gasteiger partial charge is 0.389 e. The van der Waals surface area contributed by atoms with Crippen LogP contribution in [0.1, 0.15) is 44.9 Å². The summed E-state index contributed by atoms with van der Waals surface area (Å²) in [4.78, 5) is 0. The van der Waals surface area contributed by atoms with Crippen molar-refractivity contribution in [3.05, 3.63) is 0 Å². The Labute approximate surface area is 110 Å². The molecular formula is C14H27NO3. The Balaban J connectivity index is 1.57. The van der Waals surface area contributed by atoms with Gasteiger partial charge in [-0.3, -0.25) is 0 Å². The number of ether oxygens (including phenoxy) is 2. The molecular weight excluding hydrogens is 230 g/mol. The van der Waals surface area contributed by atoms with Gasteiger partial charge in [-0.1, -0.05) is 12.8 Å². The summed E-state index contributed by atoms with van der Waals surface area (Å²) in [5.74, 6) is 0. The molecule has 0 spiro atoms. The van der Waals surface area contributed by atoms with Crippen molar-refractivity contribution in [1.82, 2.24) is 5.32 Å². The van der Waals surface area contributed by atoms with Gasteiger partial charge in [-0.05, 0) is 32.1 Å². The van der Waals surface area contributed by atoms with Gasteiger partial charge >= 0.3 is 0 Å². The summed E-state index contributed by atoms with van der Waals surface area (Å²) >= 11 is 0. The van der Waals surface area contributed by atoms with E-state index in [0.29, 0.717) is 31.4 Å². The van der Waals surface area contributed by atoms with Gasteiger partial charge in [0.25, 0.3) is 0 Å². The summed E-state index contributed by atoms with van der Waals surface area (Å²) in [6.45, 7) is 1.07. The highest BCUT2D eigenvalue weighted by Crippen LogP contribution is 2.22. The lowest BCUT2D eigenvalue weighted by Gasteiger charge is -2.22. The maximum Gasteiger partial charge on any atom is 0.0897 e. The molecule has 0 aromatic rings. The van der Waals surface area contributed by atoms with Gasteiger partial charge in [-0.2, -0.15) is 0 Å². The lowest BCUT2D eigenvalue weighted by Crippen LogP contribution is -2.42. The van der Waals surface area contributed by atoms with Crippen LogP contribution in [0.5, 0.6) is 0 Å². The minimum absolute atomic E-state index is 0.313. The zero-order valence-electron chi connectivity index (χ0n) is 11.4. The van der Waals surface area contributed by atoms with Crippen molar-refractivity contribution in [1.29, 1.82) is 0 Å². The van der Waals surface area contributed by atoms with Crippen LogP contribution in [0, 0.1) is 0 Å². The fraction of sp³-hybridized carbons (Fsp3) is 1.00. The van der Waals surface area contributed by atoms with E-state index in [-0.39, 0.29) is 0 Å². The zero-order chi connectivity index (χ0) is 12.8. The first-order chi connectivity index (χ1) is 8.79. The molecule has 4 heteroatoms. The van der Waals surface area contributed by atoms with Crippen molar-refractivity contribution in [2.24, 2.45) is 0 Å². The molecule has 0 aromatic carbocycles. The van der Waals surface area contributed by atoms with Crippen LogP contribution < -0.4 is 5.32 Å². The van der Waals surface area contributed by atoms with Gasteiger partial charge in [0.05, 0.1) is 24.9 Å². The lowest BCUT2D eigenvalue weighted by atomic mass is 10.2. The normalized spacial score (nSPS) is 31.0. The molecule has 0 aliphatic heterocycles. The Morgan fingerprint density at radius 1 is 1.17 bits per heavy atom. The first kappa shape index (κ1) is 14.3. The van der Waals surface area contributed by atoms with Crippen molar-refractivity contribution in [2.75, 3.05) is 20.3 Å². The van der Waals surface area contributed by atoms with Crippen LogP contribution in [-0.4, -0.2) is 49.7 Å². The van der Waals surface area contributed by atoms with E-state index in [1.165, 1.54) is 19.3 Å². The van der Waals surface area contributed by atoms with Gasteiger partial charge in [0.2, 0.25) is 0 Å². The molecule has 18 heavy (non-hydrogen) atoms. The number of aliphatic hydroxyl groups is 1. The number of methoxy groups -OCH3 is 1. The molecule has 106 valence electrons. The Kier molecular flexibility index (Phi) is 5.89. The minimum atomic E-state index is -0.399. The molecule has 0 saturated heterocycles. The fourth-order valence-corrected chi connectivity index (χ4v) is 3.09. The number of nitrogens with one attached hydrogen (secondary N) is 1. The maximum absolute atomic E-state index is 9.90. The second-order valence-electron chi connectivity index (χ2n) is 5.61. The molecule has 0 amide bonds. The van der Waals surface area contributed by atoms with E-state index in [0.717, 1.165) is 25.7 Å². The summed E-state index contributed by atoms with van der Waals surface area (Å²) in [7, 11) is 1.77. The average molecular weight is 257 g/mol. The van der Waals surface area contributed by atoms with E-state index in [2.05, 4.69) is 5.32 Å². The highest BCUT2D eigenvalue weighted by molar-refractivity contribution is 4.84. The van der Waals surface area contributed by atoms with Crippen LogP contribution in [-0.2, 0) is 9.47 Å². The van der Waals surface area contributed by atoms with Gasteiger partial charge in [-0.25, -0.2) is 0 Å². The average Bonchev–Trinajstić information content (AvgIpc) is 3.04. The van der Waals surface area contributed by atoms with E-state index >= 15 is 0 Å².